The van der Waals surface area contributed by atoms with Crippen LogP contribution in [0, 0.1) is 6.92 Å². The van der Waals surface area contributed by atoms with E-state index in [1.165, 1.54) is 0 Å². The molecule has 114 valence electrons. The lowest BCUT2D eigenvalue weighted by atomic mass is 10.1. The van der Waals surface area contributed by atoms with Gasteiger partial charge in [0.1, 0.15) is 5.65 Å². The van der Waals surface area contributed by atoms with Gasteiger partial charge in [0, 0.05) is 23.7 Å². The summed E-state index contributed by atoms with van der Waals surface area (Å²) >= 11 is 0. The molecule has 23 heavy (non-hydrogen) atoms. The number of H-pyrrole nitrogens is 1. The molecule has 0 amide bonds. The highest BCUT2D eigenvalue weighted by molar-refractivity contribution is 5.88. The van der Waals surface area contributed by atoms with Gasteiger partial charge in [0.25, 0.3) is 5.56 Å². The van der Waals surface area contributed by atoms with E-state index in [2.05, 4.69) is 15.2 Å². The third-order valence-corrected chi connectivity index (χ3v) is 4.01. The molecule has 0 aliphatic carbocycles. The SMILES string of the molecule is Cc1ccc2ncc(-c3ccc4c(=O)[nH]nc(CN)c4c3)n2c1. The van der Waals surface area contributed by atoms with Gasteiger partial charge >= 0.3 is 0 Å². The molecule has 0 aliphatic rings. The molecular weight excluding hydrogens is 290 g/mol. The van der Waals surface area contributed by atoms with E-state index in [0.717, 1.165) is 27.9 Å². The first-order chi connectivity index (χ1) is 11.2. The third-order valence-electron chi connectivity index (χ3n) is 4.01. The molecule has 6 nitrogen and oxygen atoms in total. The summed E-state index contributed by atoms with van der Waals surface area (Å²) in [6.07, 6.45) is 3.88. The van der Waals surface area contributed by atoms with Crippen LogP contribution in [0.4, 0.5) is 0 Å². The van der Waals surface area contributed by atoms with Crippen LogP contribution < -0.4 is 11.3 Å². The Labute approximate surface area is 131 Å². The summed E-state index contributed by atoms with van der Waals surface area (Å²) in [5, 5.41) is 7.89. The summed E-state index contributed by atoms with van der Waals surface area (Å²) in [5.74, 6) is 0. The molecular formula is C17H15N5O. The van der Waals surface area contributed by atoms with E-state index in [4.69, 9.17) is 5.73 Å². The average Bonchev–Trinajstić information content (AvgIpc) is 2.98. The zero-order valence-electron chi connectivity index (χ0n) is 12.6. The summed E-state index contributed by atoms with van der Waals surface area (Å²) in [7, 11) is 0. The van der Waals surface area contributed by atoms with Crippen LogP contribution in [0.5, 0.6) is 0 Å². The van der Waals surface area contributed by atoms with Crippen LogP contribution in [0.3, 0.4) is 0 Å². The van der Waals surface area contributed by atoms with Crippen LogP contribution in [-0.4, -0.2) is 19.6 Å². The first-order valence-corrected chi connectivity index (χ1v) is 7.33. The lowest BCUT2D eigenvalue weighted by Gasteiger charge is -2.07. The second-order valence-electron chi connectivity index (χ2n) is 5.54. The van der Waals surface area contributed by atoms with Gasteiger partial charge in [0.2, 0.25) is 0 Å². The Morgan fingerprint density at radius 1 is 1.22 bits per heavy atom. The van der Waals surface area contributed by atoms with Crippen LogP contribution in [0.15, 0.2) is 47.5 Å². The van der Waals surface area contributed by atoms with Gasteiger partial charge in [-0.1, -0.05) is 12.1 Å². The van der Waals surface area contributed by atoms with Crippen molar-refractivity contribution in [3.05, 3.63) is 64.3 Å². The predicted molar refractivity (Wildman–Crippen MR) is 89.2 cm³/mol. The number of aromatic nitrogens is 4. The van der Waals surface area contributed by atoms with Gasteiger partial charge in [0.05, 0.1) is 23.0 Å². The number of benzene rings is 1. The van der Waals surface area contributed by atoms with Gasteiger partial charge < -0.3 is 5.73 Å². The molecule has 0 saturated carbocycles. The molecule has 0 fully saturated rings. The zero-order chi connectivity index (χ0) is 16.0. The van der Waals surface area contributed by atoms with Crippen molar-refractivity contribution in [2.24, 2.45) is 5.73 Å². The minimum atomic E-state index is -0.210. The summed E-state index contributed by atoms with van der Waals surface area (Å²) in [4.78, 5) is 16.4. The molecule has 4 rings (SSSR count). The van der Waals surface area contributed by atoms with Crippen molar-refractivity contribution in [2.75, 3.05) is 0 Å². The van der Waals surface area contributed by atoms with E-state index in [1.807, 2.05) is 48.0 Å². The molecule has 1 aromatic carbocycles. The molecule has 0 unspecified atom stereocenters. The molecule has 0 bridgehead atoms. The van der Waals surface area contributed by atoms with Crippen LogP contribution in [-0.2, 0) is 6.54 Å². The number of pyridine rings is 1. The standard InChI is InChI=1S/C17H15N5O/c1-10-2-5-16-19-8-15(22(16)9-10)11-3-4-12-13(6-11)14(7-18)20-21-17(12)23/h2-6,8-9H,7,18H2,1H3,(H,21,23). The van der Waals surface area contributed by atoms with Crippen molar-refractivity contribution < 1.29 is 0 Å². The number of fused-ring (bicyclic) bond motifs is 2. The molecule has 0 aliphatic heterocycles. The fourth-order valence-electron chi connectivity index (χ4n) is 2.84. The third kappa shape index (κ3) is 2.11. The Morgan fingerprint density at radius 2 is 2.09 bits per heavy atom. The minimum absolute atomic E-state index is 0.210. The Kier molecular flexibility index (Phi) is 2.99. The Morgan fingerprint density at radius 3 is 2.91 bits per heavy atom. The molecule has 0 spiro atoms. The quantitative estimate of drug-likeness (QED) is 0.593. The van der Waals surface area contributed by atoms with Crippen molar-refractivity contribution in [3.63, 3.8) is 0 Å². The van der Waals surface area contributed by atoms with E-state index in [-0.39, 0.29) is 12.1 Å². The smallest absolute Gasteiger partial charge is 0.272 e. The summed E-state index contributed by atoms with van der Waals surface area (Å²) in [5.41, 5.74) is 10.2. The largest absolute Gasteiger partial charge is 0.325 e. The zero-order valence-corrected chi connectivity index (χ0v) is 12.6. The Balaban J connectivity index is 2.01. The number of aryl methyl sites for hydroxylation is 1. The molecule has 0 radical (unpaired) electrons. The van der Waals surface area contributed by atoms with E-state index >= 15 is 0 Å². The molecule has 3 N–H and O–H groups in total. The lowest BCUT2D eigenvalue weighted by Crippen LogP contribution is -2.13. The van der Waals surface area contributed by atoms with Crippen LogP contribution in [0.1, 0.15) is 11.3 Å². The highest BCUT2D eigenvalue weighted by Crippen LogP contribution is 2.25. The van der Waals surface area contributed by atoms with E-state index in [0.29, 0.717) is 11.1 Å². The lowest BCUT2D eigenvalue weighted by molar-refractivity contribution is 0.900. The monoisotopic (exact) mass is 305 g/mol. The Bertz CT molecular complexity index is 1090. The van der Waals surface area contributed by atoms with Gasteiger partial charge in [-0.2, -0.15) is 5.10 Å². The van der Waals surface area contributed by atoms with Gasteiger partial charge in [-0.15, -0.1) is 0 Å². The normalized spacial score (nSPS) is 11.4. The van der Waals surface area contributed by atoms with Crippen molar-refractivity contribution in [1.29, 1.82) is 0 Å². The maximum Gasteiger partial charge on any atom is 0.272 e. The van der Waals surface area contributed by atoms with Crippen LogP contribution in [0.25, 0.3) is 27.7 Å². The second kappa shape index (κ2) is 5.03. The number of aromatic amines is 1. The second-order valence-corrected chi connectivity index (χ2v) is 5.54. The summed E-state index contributed by atoms with van der Waals surface area (Å²) in [6, 6.07) is 9.69. The average molecular weight is 305 g/mol. The number of nitrogens with two attached hydrogens (primary N) is 1. The number of nitrogens with one attached hydrogen (secondary N) is 1. The van der Waals surface area contributed by atoms with Gasteiger partial charge in [0.15, 0.2) is 0 Å². The van der Waals surface area contributed by atoms with Crippen molar-refractivity contribution in [3.8, 4) is 11.3 Å². The van der Waals surface area contributed by atoms with E-state index in [9.17, 15) is 4.79 Å². The molecule has 3 heterocycles. The number of rotatable bonds is 2. The number of hydrogen-bond donors (Lipinski definition) is 2. The number of hydrogen-bond acceptors (Lipinski definition) is 4. The molecule has 0 atom stereocenters. The summed E-state index contributed by atoms with van der Waals surface area (Å²) in [6.45, 7) is 2.31. The number of nitrogens with zero attached hydrogens (tertiary/aromatic N) is 3. The van der Waals surface area contributed by atoms with Gasteiger partial charge in [-0.25, -0.2) is 10.1 Å². The maximum absolute atomic E-state index is 11.9. The van der Waals surface area contributed by atoms with E-state index in [1.54, 1.807) is 6.07 Å². The topological polar surface area (TPSA) is 89.1 Å². The molecule has 0 saturated heterocycles. The Hall–Kier alpha value is -2.99. The highest BCUT2D eigenvalue weighted by Gasteiger charge is 2.10. The highest BCUT2D eigenvalue weighted by atomic mass is 16.1. The van der Waals surface area contributed by atoms with Crippen molar-refractivity contribution in [2.45, 2.75) is 13.5 Å². The minimum Gasteiger partial charge on any atom is -0.325 e. The fraction of sp³-hybridized carbons (Fsp3) is 0.118. The molecule has 6 heteroatoms. The van der Waals surface area contributed by atoms with E-state index < -0.39 is 0 Å². The van der Waals surface area contributed by atoms with Crippen molar-refractivity contribution >= 4 is 16.4 Å². The van der Waals surface area contributed by atoms with Crippen LogP contribution in [0.2, 0.25) is 0 Å². The van der Waals surface area contributed by atoms with Gasteiger partial charge in [-0.3, -0.25) is 9.20 Å². The predicted octanol–water partition coefficient (Wildman–Crippen LogP) is 2.00. The maximum atomic E-state index is 11.9. The molecule has 4 aromatic rings. The fourth-order valence-corrected chi connectivity index (χ4v) is 2.84. The van der Waals surface area contributed by atoms with Crippen molar-refractivity contribution in [1.82, 2.24) is 19.6 Å². The van der Waals surface area contributed by atoms with Crippen LogP contribution >= 0.6 is 0 Å². The molecule has 3 aromatic heterocycles. The first kappa shape index (κ1) is 13.7. The number of imidazole rings is 1. The van der Waals surface area contributed by atoms with Gasteiger partial charge in [-0.05, 0) is 30.7 Å². The summed E-state index contributed by atoms with van der Waals surface area (Å²) < 4.78 is 2.04. The first-order valence-electron chi connectivity index (χ1n) is 7.33.